The van der Waals surface area contributed by atoms with Gasteiger partial charge in [-0.15, -0.1) is 5.10 Å². The molecule has 0 bridgehead atoms. The van der Waals surface area contributed by atoms with Gasteiger partial charge in [-0.25, -0.2) is 4.52 Å². The quantitative estimate of drug-likeness (QED) is 0.843. The summed E-state index contributed by atoms with van der Waals surface area (Å²) in [6.07, 6.45) is 2.29. The molecule has 2 aromatic heterocycles. The van der Waals surface area contributed by atoms with Crippen LogP contribution in [0.5, 0.6) is 0 Å². The number of aliphatic hydroxyl groups is 1. The molecule has 2 unspecified atom stereocenters. The van der Waals surface area contributed by atoms with Crippen LogP contribution in [0.25, 0.3) is 5.65 Å². The average molecular weight is 234 g/mol. The summed E-state index contributed by atoms with van der Waals surface area (Å²) in [5, 5.41) is 16.8. The van der Waals surface area contributed by atoms with E-state index < -0.39 is 0 Å². The molecule has 5 nitrogen and oxygen atoms in total. The highest BCUT2D eigenvalue weighted by atomic mass is 16.3. The molecule has 0 aliphatic carbocycles. The number of fused-ring (bicyclic) bond motifs is 1. The van der Waals surface area contributed by atoms with Gasteiger partial charge in [0.2, 0.25) is 5.95 Å². The maximum Gasteiger partial charge on any atom is 0.243 e. The van der Waals surface area contributed by atoms with Crippen LogP contribution in [0.1, 0.15) is 25.8 Å². The van der Waals surface area contributed by atoms with Gasteiger partial charge in [-0.2, -0.15) is 4.98 Å². The van der Waals surface area contributed by atoms with Gasteiger partial charge in [-0.3, -0.25) is 0 Å². The molecule has 5 heteroatoms. The molecule has 0 fully saturated rings. The third kappa shape index (κ3) is 2.94. The first-order valence-electron chi connectivity index (χ1n) is 5.82. The minimum atomic E-state index is -0.322. The molecule has 2 aromatic rings. The molecule has 0 spiro atoms. The summed E-state index contributed by atoms with van der Waals surface area (Å²) in [5.74, 6) is 0.601. The first-order chi connectivity index (χ1) is 8.04. The Morgan fingerprint density at radius 3 is 2.88 bits per heavy atom. The van der Waals surface area contributed by atoms with Crippen molar-refractivity contribution in [2.24, 2.45) is 0 Å². The average Bonchev–Trinajstić information content (AvgIpc) is 2.57. The summed E-state index contributed by atoms with van der Waals surface area (Å²) >= 11 is 0. The Morgan fingerprint density at radius 1 is 1.41 bits per heavy atom. The van der Waals surface area contributed by atoms with E-state index in [2.05, 4.69) is 15.4 Å². The van der Waals surface area contributed by atoms with Gasteiger partial charge in [-0.1, -0.05) is 6.07 Å². The number of aromatic nitrogens is 3. The van der Waals surface area contributed by atoms with Crippen LogP contribution in [-0.4, -0.2) is 31.9 Å². The van der Waals surface area contributed by atoms with Crippen LogP contribution < -0.4 is 5.32 Å². The van der Waals surface area contributed by atoms with Gasteiger partial charge >= 0.3 is 0 Å². The topological polar surface area (TPSA) is 62.5 Å². The Morgan fingerprint density at radius 2 is 2.18 bits per heavy atom. The SMILES string of the molecule is Cc1ccc2nc(NC(C)CC(C)O)nn2c1. The summed E-state index contributed by atoms with van der Waals surface area (Å²) in [7, 11) is 0. The van der Waals surface area contributed by atoms with Gasteiger partial charge < -0.3 is 10.4 Å². The molecule has 0 saturated heterocycles. The van der Waals surface area contributed by atoms with Crippen molar-refractivity contribution in [3.63, 3.8) is 0 Å². The number of aryl methyl sites for hydroxylation is 1. The van der Waals surface area contributed by atoms with Crippen LogP contribution in [0.15, 0.2) is 18.3 Å². The maximum atomic E-state index is 9.29. The van der Waals surface area contributed by atoms with E-state index in [1.54, 1.807) is 11.4 Å². The number of hydrogen-bond donors (Lipinski definition) is 2. The van der Waals surface area contributed by atoms with Crippen LogP contribution in [0.4, 0.5) is 5.95 Å². The normalized spacial score (nSPS) is 14.8. The Kier molecular flexibility index (Phi) is 3.28. The first-order valence-corrected chi connectivity index (χ1v) is 5.82. The molecule has 0 aromatic carbocycles. The largest absolute Gasteiger partial charge is 0.393 e. The van der Waals surface area contributed by atoms with E-state index in [1.165, 1.54) is 0 Å². The van der Waals surface area contributed by atoms with Crippen molar-refractivity contribution in [3.8, 4) is 0 Å². The fraction of sp³-hybridized carbons (Fsp3) is 0.500. The predicted molar refractivity (Wildman–Crippen MR) is 67.1 cm³/mol. The van der Waals surface area contributed by atoms with Gasteiger partial charge in [0.05, 0.1) is 6.10 Å². The summed E-state index contributed by atoms with van der Waals surface area (Å²) in [4.78, 5) is 4.36. The molecule has 2 atom stereocenters. The van der Waals surface area contributed by atoms with Crippen LogP contribution in [0.3, 0.4) is 0 Å². The third-order valence-corrected chi connectivity index (χ3v) is 2.55. The van der Waals surface area contributed by atoms with Crippen molar-refractivity contribution in [2.45, 2.75) is 39.3 Å². The van der Waals surface area contributed by atoms with Gasteiger partial charge in [0.25, 0.3) is 0 Å². The maximum absolute atomic E-state index is 9.29. The van der Waals surface area contributed by atoms with Crippen molar-refractivity contribution < 1.29 is 5.11 Å². The second-order valence-electron chi connectivity index (χ2n) is 4.57. The molecule has 0 aliphatic heterocycles. The monoisotopic (exact) mass is 234 g/mol. The highest BCUT2D eigenvalue weighted by molar-refractivity contribution is 5.44. The van der Waals surface area contributed by atoms with Crippen molar-refractivity contribution in [3.05, 3.63) is 23.9 Å². The molecule has 0 saturated carbocycles. The highest BCUT2D eigenvalue weighted by Crippen LogP contribution is 2.09. The van der Waals surface area contributed by atoms with E-state index in [4.69, 9.17) is 0 Å². The lowest BCUT2D eigenvalue weighted by Gasteiger charge is -2.13. The summed E-state index contributed by atoms with van der Waals surface area (Å²) < 4.78 is 1.76. The number of hydrogen-bond acceptors (Lipinski definition) is 4. The van der Waals surface area contributed by atoms with Gasteiger partial charge in [0.1, 0.15) is 0 Å². The summed E-state index contributed by atoms with van der Waals surface area (Å²) in [6.45, 7) is 5.80. The minimum absolute atomic E-state index is 0.147. The van der Waals surface area contributed by atoms with Gasteiger partial charge in [0, 0.05) is 12.2 Å². The first kappa shape index (κ1) is 11.9. The number of rotatable bonds is 4. The Balaban J connectivity index is 2.14. The molecular formula is C12H18N4O. The van der Waals surface area contributed by atoms with Crippen molar-refractivity contribution >= 4 is 11.6 Å². The van der Waals surface area contributed by atoms with Crippen molar-refractivity contribution in [2.75, 3.05) is 5.32 Å². The van der Waals surface area contributed by atoms with Gasteiger partial charge in [-0.05, 0) is 38.8 Å². The van der Waals surface area contributed by atoms with Crippen LogP contribution in [0, 0.1) is 6.92 Å². The fourth-order valence-corrected chi connectivity index (χ4v) is 1.84. The summed E-state index contributed by atoms with van der Waals surface area (Å²) in [6, 6.07) is 4.09. The van der Waals surface area contributed by atoms with E-state index in [0.29, 0.717) is 12.4 Å². The molecule has 0 aliphatic rings. The number of nitrogens with zero attached hydrogens (tertiary/aromatic N) is 3. The van der Waals surface area contributed by atoms with Gasteiger partial charge in [0.15, 0.2) is 5.65 Å². The minimum Gasteiger partial charge on any atom is -0.393 e. The second-order valence-corrected chi connectivity index (χ2v) is 4.57. The highest BCUT2D eigenvalue weighted by Gasteiger charge is 2.09. The number of anilines is 1. The van der Waals surface area contributed by atoms with Crippen LogP contribution in [-0.2, 0) is 0 Å². The molecule has 0 amide bonds. The van der Waals surface area contributed by atoms with E-state index in [0.717, 1.165) is 11.2 Å². The number of nitrogens with one attached hydrogen (secondary N) is 1. The number of pyridine rings is 1. The Labute approximate surface area is 100 Å². The summed E-state index contributed by atoms with van der Waals surface area (Å²) in [5.41, 5.74) is 1.97. The fourth-order valence-electron chi connectivity index (χ4n) is 1.84. The van der Waals surface area contributed by atoms with E-state index >= 15 is 0 Å². The second kappa shape index (κ2) is 4.71. The molecule has 2 heterocycles. The molecular weight excluding hydrogens is 216 g/mol. The van der Waals surface area contributed by atoms with E-state index in [9.17, 15) is 5.11 Å². The lowest BCUT2D eigenvalue weighted by Crippen LogP contribution is -2.21. The van der Waals surface area contributed by atoms with E-state index in [1.807, 2.05) is 32.2 Å². The molecule has 2 rings (SSSR count). The zero-order chi connectivity index (χ0) is 12.4. The molecule has 92 valence electrons. The van der Waals surface area contributed by atoms with Crippen LogP contribution >= 0.6 is 0 Å². The predicted octanol–water partition coefficient (Wildman–Crippen LogP) is 1.61. The van der Waals surface area contributed by atoms with E-state index in [-0.39, 0.29) is 12.1 Å². The zero-order valence-corrected chi connectivity index (χ0v) is 10.4. The standard InChI is InChI=1S/C12H18N4O/c1-8-4-5-11-14-12(15-16(11)7-8)13-9(2)6-10(3)17/h4-5,7,9-10,17H,6H2,1-3H3,(H,13,15). The molecule has 17 heavy (non-hydrogen) atoms. The van der Waals surface area contributed by atoms with Crippen LogP contribution in [0.2, 0.25) is 0 Å². The Bertz CT molecular complexity index is 506. The molecule has 0 radical (unpaired) electrons. The molecule has 2 N–H and O–H groups in total. The number of aliphatic hydroxyl groups excluding tert-OH is 1. The third-order valence-electron chi connectivity index (χ3n) is 2.55. The smallest absolute Gasteiger partial charge is 0.243 e. The van der Waals surface area contributed by atoms with Crippen molar-refractivity contribution in [1.82, 2.24) is 14.6 Å². The van der Waals surface area contributed by atoms with Crippen molar-refractivity contribution in [1.29, 1.82) is 0 Å². The Hall–Kier alpha value is -1.62. The lowest BCUT2D eigenvalue weighted by molar-refractivity contribution is 0.179. The zero-order valence-electron chi connectivity index (χ0n) is 10.4. The lowest BCUT2D eigenvalue weighted by atomic mass is 10.2.